The van der Waals surface area contributed by atoms with Crippen molar-refractivity contribution in [2.75, 3.05) is 12.3 Å². The van der Waals surface area contributed by atoms with Crippen LogP contribution in [0.4, 0.5) is 5.82 Å². The summed E-state index contributed by atoms with van der Waals surface area (Å²) in [5, 5.41) is 18.1. The second kappa shape index (κ2) is 3.84. The topological polar surface area (TPSA) is 96.7 Å². The average molecular weight is 208 g/mol. The Hall–Kier alpha value is -1.66. The molecule has 0 unspecified atom stereocenters. The molecule has 0 spiro atoms. The van der Waals surface area contributed by atoms with Gasteiger partial charge in [0.2, 0.25) is 0 Å². The number of hydrogen-bond acceptors (Lipinski definition) is 5. The van der Waals surface area contributed by atoms with E-state index in [1.165, 1.54) is 0 Å². The number of nitrogens with zero attached hydrogens (tertiary/aromatic N) is 3. The molecule has 2 heterocycles. The van der Waals surface area contributed by atoms with Gasteiger partial charge in [0.1, 0.15) is 0 Å². The smallest absolute Gasteiger partial charge is 0.180 e. The molecule has 0 saturated heterocycles. The molecule has 0 bridgehead atoms. The van der Waals surface area contributed by atoms with Crippen molar-refractivity contribution >= 4 is 11.5 Å². The van der Waals surface area contributed by atoms with Gasteiger partial charge in [-0.2, -0.15) is 0 Å². The number of aromatic nitrogens is 3. The highest BCUT2D eigenvalue weighted by Gasteiger charge is 2.10. The highest BCUT2D eigenvalue weighted by molar-refractivity contribution is 5.59. The summed E-state index contributed by atoms with van der Waals surface area (Å²) in [6.07, 6.45) is 4.46. The fourth-order valence-electron chi connectivity index (χ4n) is 1.45. The maximum absolute atomic E-state index is 9.32. The zero-order chi connectivity index (χ0) is 10.8. The SMILES string of the molecule is Nc1nccn2c(C[C@H](O)CO)cnc12. The number of imidazole rings is 1. The van der Waals surface area contributed by atoms with E-state index in [4.69, 9.17) is 10.8 Å². The molecule has 1 atom stereocenters. The molecule has 15 heavy (non-hydrogen) atoms. The maximum Gasteiger partial charge on any atom is 0.180 e. The molecule has 0 amide bonds. The molecule has 0 aliphatic rings. The van der Waals surface area contributed by atoms with E-state index in [9.17, 15) is 5.11 Å². The van der Waals surface area contributed by atoms with Crippen LogP contribution >= 0.6 is 0 Å². The molecule has 2 aromatic rings. The number of rotatable bonds is 3. The summed E-state index contributed by atoms with van der Waals surface area (Å²) in [4.78, 5) is 7.99. The quantitative estimate of drug-likeness (QED) is 0.614. The molecule has 6 heteroatoms. The minimum Gasteiger partial charge on any atom is -0.394 e. The van der Waals surface area contributed by atoms with Crippen LogP contribution in [0.3, 0.4) is 0 Å². The van der Waals surface area contributed by atoms with Crippen LogP contribution in [0.5, 0.6) is 0 Å². The van der Waals surface area contributed by atoms with Crippen molar-refractivity contribution in [3.05, 3.63) is 24.3 Å². The number of hydrogen-bond donors (Lipinski definition) is 3. The number of aliphatic hydroxyl groups is 2. The highest BCUT2D eigenvalue weighted by atomic mass is 16.3. The molecule has 0 aliphatic carbocycles. The Kier molecular flexibility index (Phi) is 2.53. The molecule has 80 valence electrons. The van der Waals surface area contributed by atoms with Crippen LogP contribution in [0, 0.1) is 0 Å². The first-order chi connectivity index (χ1) is 7.22. The standard InChI is InChI=1S/C9H12N4O2/c10-8-9-12-4-6(3-7(15)5-14)13(9)2-1-11-8/h1-2,4,7,14-15H,3,5H2,(H2,10,11)/t7-/m0/s1. The van der Waals surface area contributed by atoms with Gasteiger partial charge in [0, 0.05) is 30.7 Å². The Morgan fingerprint density at radius 1 is 1.47 bits per heavy atom. The summed E-state index contributed by atoms with van der Waals surface area (Å²) in [5.74, 6) is 0.349. The summed E-state index contributed by atoms with van der Waals surface area (Å²) in [6, 6.07) is 0. The fraction of sp³-hybridized carbons (Fsp3) is 0.333. The van der Waals surface area contributed by atoms with Gasteiger partial charge < -0.3 is 15.9 Å². The lowest BCUT2D eigenvalue weighted by molar-refractivity contribution is 0.0946. The van der Waals surface area contributed by atoms with E-state index >= 15 is 0 Å². The van der Waals surface area contributed by atoms with Gasteiger partial charge in [0.25, 0.3) is 0 Å². The van der Waals surface area contributed by atoms with E-state index < -0.39 is 6.10 Å². The normalized spacial score (nSPS) is 13.2. The Balaban J connectivity index is 2.41. The lowest BCUT2D eigenvalue weighted by Gasteiger charge is -2.06. The van der Waals surface area contributed by atoms with Crippen LogP contribution in [0.2, 0.25) is 0 Å². The molecule has 0 saturated carbocycles. The second-order valence-corrected chi connectivity index (χ2v) is 3.30. The van der Waals surface area contributed by atoms with Gasteiger partial charge in [-0.15, -0.1) is 0 Å². The highest BCUT2D eigenvalue weighted by Crippen LogP contribution is 2.12. The van der Waals surface area contributed by atoms with E-state index in [0.29, 0.717) is 17.9 Å². The molecule has 2 rings (SSSR count). The lowest BCUT2D eigenvalue weighted by atomic mass is 10.2. The predicted octanol–water partition coefficient (Wildman–Crippen LogP) is -0.793. The van der Waals surface area contributed by atoms with Gasteiger partial charge in [-0.25, -0.2) is 9.97 Å². The first-order valence-electron chi connectivity index (χ1n) is 4.57. The van der Waals surface area contributed by atoms with Crippen LogP contribution in [0.25, 0.3) is 5.65 Å². The van der Waals surface area contributed by atoms with Crippen LogP contribution in [0.1, 0.15) is 5.69 Å². The number of fused-ring (bicyclic) bond motifs is 1. The third kappa shape index (κ3) is 1.77. The minimum absolute atomic E-state index is 0.270. The summed E-state index contributed by atoms with van der Waals surface area (Å²) in [7, 11) is 0. The van der Waals surface area contributed by atoms with E-state index in [2.05, 4.69) is 9.97 Å². The van der Waals surface area contributed by atoms with Gasteiger partial charge in [-0.3, -0.25) is 4.40 Å². The molecule has 0 aromatic carbocycles. The third-order valence-electron chi connectivity index (χ3n) is 2.19. The van der Waals surface area contributed by atoms with E-state index in [0.717, 1.165) is 5.69 Å². The molecule has 0 fully saturated rings. The number of nitrogens with two attached hydrogens (primary N) is 1. The van der Waals surface area contributed by atoms with Crippen LogP contribution in [0.15, 0.2) is 18.6 Å². The molecule has 2 aromatic heterocycles. The molecule has 6 nitrogen and oxygen atoms in total. The van der Waals surface area contributed by atoms with Gasteiger partial charge in [0.15, 0.2) is 11.5 Å². The van der Waals surface area contributed by atoms with Crippen molar-refractivity contribution in [1.82, 2.24) is 14.4 Å². The molecule has 0 aliphatic heterocycles. The van der Waals surface area contributed by atoms with Gasteiger partial charge in [0.05, 0.1) is 12.7 Å². The van der Waals surface area contributed by atoms with Crippen molar-refractivity contribution in [1.29, 1.82) is 0 Å². The van der Waals surface area contributed by atoms with Gasteiger partial charge in [-0.05, 0) is 0 Å². The summed E-state index contributed by atoms with van der Waals surface area (Å²) in [6.45, 7) is -0.270. The first-order valence-corrected chi connectivity index (χ1v) is 4.57. The molecular formula is C9H12N4O2. The number of anilines is 1. The number of aliphatic hydroxyl groups excluding tert-OH is 2. The second-order valence-electron chi connectivity index (χ2n) is 3.30. The monoisotopic (exact) mass is 208 g/mol. The fourth-order valence-corrected chi connectivity index (χ4v) is 1.45. The van der Waals surface area contributed by atoms with Crippen LogP contribution in [-0.2, 0) is 6.42 Å². The Morgan fingerprint density at radius 3 is 3.00 bits per heavy atom. The molecular weight excluding hydrogens is 196 g/mol. The van der Waals surface area contributed by atoms with Crippen molar-refractivity contribution in [2.24, 2.45) is 0 Å². The average Bonchev–Trinajstić information content (AvgIpc) is 2.63. The van der Waals surface area contributed by atoms with Crippen LogP contribution < -0.4 is 5.73 Å². The van der Waals surface area contributed by atoms with E-state index in [1.807, 2.05) is 0 Å². The van der Waals surface area contributed by atoms with Crippen molar-refractivity contribution < 1.29 is 10.2 Å². The van der Waals surface area contributed by atoms with Crippen molar-refractivity contribution in [3.63, 3.8) is 0 Å². The first kappa shape index (κ1) is 9.88. The van der Waals surface area contributed by atoms with Gasteiger partial charge >= 0.3 is 0 Å². The number of nitrogen functional groups attached to an aromatic ring is 1. The maximum atomic E-state index is 9.32. The Morgan fingerprint density at radius 2 is 2.27 bits per heavy atom. The predicted molar refractivity (Wildman–Crippen MR) is 54.2 cm³/mol. The van der Waals surface area contributed by atoms with Crippen molar-refractivity contribution in [2.45, 2.75) is 12.5 Å². The summed E-state index contributed by atoms with van der Waals surface area (Å²) in [5.41, 5.74) is 6.99. The Bertz CT molecular complexity index is 468. The molecule has 4 N–H and O–H groups in total. The minimum atomic E-state index is -0.778. The third-order valence-corrected chi connectivity index (χ3v) is 2.19. The van der Waals surface area contributed by atoms with Crippen molar-refractivity contribution in [3.8, 4) is 0 Å². The zero-order valence-corrected chi connectivity index (χ0v) is 8.04. The zero-order valence-electron chi connectivity index (χ0n) is 8.04. The lowest BCUT2D eigenvalue weighted by Crippen LogP contribution is -2.16. The van der Waals surface area contributed by atoms with E-state index in [-0.39, 0.29) is 6.61 Å². The Labute approximate surface area is 86.0 Å². The van der Waals surface area contributed by atoms with Gasteiger partial charge in [-0.1, -0.05) is 0 Å². The largest absolute Gasteiger partial charge is 0.394 e. The summed E-state index contributed by atoms with van der Waals surface area (Å²) < 4.78 is 1.75. The molecule has 0 radical (unpaired) electrons. The van der Waals surface area contributed by atoms with E-state index in [1.54, 1.807) is 23.0 Å². The van der Waals surface area contributed by atoms with Crippen LogP contribution in [-0.4, -0.2) is 37.3 Å². The summed E-state index contributed by atoms with van der Waals surface area (Å²) >= 11 is 0.